The van der Waals surface area contributed by atoms with Crippen molar-refractivity contribution in [2.45, 2.75) is 12.1 Å². The number of aliphatic hydroxyl groups excluding tert-OH is 1. The van der Waals surface area contributed by atoms with E-state index in [1.807, 2.05) is 46.7 Å². The van der Waals surface area contributed by atoms with Crippen molar-refractivity contribution in [2.24, 2.45) is 0 Å². The summed E-state index contributed by atoms with van der Waals surface area (Å²) in [6.07, 6.45) is 1.60. The van der Waals surface area contributed by atoms with Crippen molar-refractivity contribution in [2.75, 3.05) is 51.7 Å². The van der Waals surface area contributed by atoms with E-state index in [2.05, 4.69) is 15.1 Å². The lowest BCUT2D eigenvalue weighted by Crippen LogP contribution is -2.49. The molecule has 0 aliphatic carbocycles. The van der Waals surface area contributed by atoms with Crippen LogP contribution in [0.1, 0.15) is 6.92 Å². The lowest BCUT2D eigenvalue weighted by molar-refractivity contribution is -0.130. The number of rotatable bonds is 9. The average molecular weight is 458 g/mol. The molecule has 10 heteroatoms. The number of amides is 1. The van der Waals surface area contributed by atoms with E-state index >= 15 is 0 Å². The summed E-state index contributed by atoms with van der Waals surface area (Å²) in [5, 5.41) is 18.4. The van der Waals surface area contributed by atoms with Gasteiger partial charge in [0.05, 0.1) is 30.9 Å². The van der Waals surface area contributed by atoms with Gasteiger partial charge in [0.2, 0.25) is 11.7 Å². The van der Waals surface area contributed by atoms with Crippen molar-refractivity contribution >= 4 is 17.7 Å². The van der Waals surface area contributed by atoms with Crippen LogP contribution in [0, 0.1) is 0 Å². The van der Waals surface area contributed by atoms with Crippen LogP contribution in [-0.4, -0.2) is 87.3 Å². The zero-order valence-corrected chi connectivity index (χ0v) is 18.8. The number of hydrogen-bond acceptors (Lipinski definition) is 8. The molecule has 3 aromatic rings. The second-order valence-corrected chi connectivity index (χ2v) is 8.22. The van der Waals surface area contributed by atoms with Crippen molar-refractivity contribution in [1.29, 1.82) is 0 Å². The minimum Gasteiger partial charge on any atom is -0.494 e. The zero-order chi connectivity index (χ0) is 22.3. The highest BCUT2D eigenvalue weighted by atomic mass is 32.2. The lowest BCUT2D eigenvalue weighted by Gasteiger charge is -2.34. The number of piperazine rings is 1. The number of furan rings is 1. The van der Waals surface area contributed by atoms with Crippen LogP contribution in [0.4, 0.5) is 0 Å². The van der Waals surface area contributed by atoms with Gasteiger partial charge in [0, 0.05) is 32.7 Å². The van der Waals surface area contributed by atoms with Gasteiger partial charge >= 0.3 is 0 Å². The van der Waals surface area contributed by atoms with Crippen LogP contribution in [0.5, 0.6) is 5.75 Å². The Morgan fingerprint density at radius 3 is 2.59 bits per heavy atom. The number of carbonyl (C=O) groups is 1. The molecule has 0 saturated carbocycles. The van der Waals surface area contributed by atoms with Gasteiger partial charge in [0.1, 0.15) is 5.75 Å². The van der Waals surface area contributed by atoms with E-state index in [0.717, 1.165) is 24.5 Å². The highest BCUT2D eigenvalue weighted by Gasteiger charge is 2.23. The number of β-amino-alcohol motifs (C(OH)–C–C–N with tert-alkyl or cyclic N) is 1. The highest BCUT2D eigenvalue weighted by Crippen LogP contribution is 2.29. The minimum atomic E-state index is 0.0689. The second-order valence-electron chi connectivity index (χ2n) is 7.28. The molecule has 1 amide bonds. The third-order valence-corrected chi connectivity index (χ3v) is 6.16. The predicted octanol–water partition coefficient (Wildman–Crippen LogP) is 2.15. The number of nitrogens with zero attached hydrogens (tertiary/aromatic N) is 5. The number of aliphatic hydroxyl groups is 1. The maximum Gasteiger partial charge on any atom is 0.233 e. The van der Waals surface area contributed by atoms with Crippen molar-refractivity contribution in [3.05, 3.63) is 42.7 Å². The molecule has 0 bridgehead atoms. The van der Waals surface area contributed by atoms with E-state index in [0.29, 0.717) is 43.0 Å². The Labute approximate surface area is 191 Å². The van der Waals surface area contributed by atoms with Crippen molar-refractivity contribution in [1.82, 2.24) is 24.6 Å². The maximum absolute atomic E-state index is 12.8. The summed E-state index contributed by atoms with van der Waals surface area (Å²) in [5.41, 5.74) is 0.859. The summed E-state index contributed by atoms with van der Waals surface area (Å²) in [6.45, 7) is 6.23. The molecule has 1 fully saturated rings. The number of ether oxygens (including phenoxy) is 1. The molecule has 4 rings (SSSR count). The van der Waals surface area contributed by atoms with E-state index in [9.17, 15) is 4.79 Å². The van der Waals surface area contributed by atoms with Gasteiger partial charge in [-0.15, -0.1) is 10.2 Å². The molecule has 1 saturated heterocycles. The van der Waals surface area contributed by atoms with E-state index in [-0.39, 0.29) is 18.3 Å². The quantitative estimate of drug-likeness (QED) is 0.488. The second kappa shape index (κ2) is 10.7. The molecule has 1 aliphatic rings. The number of aromatic nitrogens is 3. The zero-order valence-electron chi connectivity index (χ0n) is 18.0. The average Bonchev–Trinajstić information content (AvgIpc) is 3.49. The molecule has 0 unspecified atom stereocenters. The van der Waals surface area contributed by atoms with Crippen LogP contribution >= 0.6 is 11.8 Å². The fourth-order valence-electron chi connectivity index (χ4n) is 3.60. The summed E-state index contributed by atoms with van der Waals surface area (Å²) in [7, 11) is 0. The minimum absolute atomic E-state index is 0.0689. The first-order valence-electron chi connectivity index (χ1n) is 10.7. The Morgan fingerprint density at radius 1 is 1.16 bits per heavy atom. The molecule has 0 spiro atoms. The van der Waals surface area contributed by atoms with Gasteiger partial charge in [-0.25, -0.2) is 0 Å². The summed E-state index contributed by atoms with van der Waals surface area (Å²) < 4.78 is 13.0. The molecule has 1 N–H and O–H groups in total. The smallest absolute Gasteiger partial charge is 0.233 e. The Morgan fingerprint density at radius 2 is 1.94 bits per heavy atom. The molecule has 1 aliphatic heterocycles. The van der Waals surface area contributed by atoms with Gasteiger partial charge < -0.3 is 19.2 Å². The Hall–Kier alpha value is -2.82. The summed E-state index contributed by atoms with van der Waals surface area (Å²) in [6, 6.07) is 11.3. The number of benzene rings is 1. The fourth-order valence-corrected chi connectivity index (χ4v) is 4.45. The van der Waals surface area contributed by atoms with Crippen LogP contribution in [0.2, 0.25) is 0 Å². The van der Waals surface area contributed by atoms with Gasteiger partial charge in [0.15, 0.2) is 10.9 Å². The monoisotopic (exact) mass is 457 g/mol. The van der Waals surface area contributed by atoms with Gasteiger partial charge in [-0.2, -0.15) is 0 Å². The topological polar surface area (TPSA) is 96.9 Å². The van der Waals surface area contributed by atoms with Gasteiger partial charge in [-0.3, -0.25) is 14.3 Å². The van der Waals surface area contributed by atoms with Crippen LogP contribution < -0.4 is 4.74 Å². The van der Waals surface area contributed by atoms with Gasteiger partial charge in [-0.1, -0.05) is 11.8 Å². The molecule has 0 radical (unpaired) electrons. The Balaban J connectivity index is 1.49. The van der Waals surface area contributed by atoms with Crippen LogP contribution in [0.3, 0.4) is 0 Å². The maximum atomic E-state index is 12.8. The summed E-state index contributed by atoms with van der Waals surface area (Å²) >= 11 is 1.36. The first kappa shape index (κ1) is 22.4. The van der Waals surface area contributed by atoms with E-state index < -0.39 is 0 Å². The van der Waals surface area contributed by atoms with E-state index in [1.54, 1.807) is 12.3 Å². The Bertz CT molecular complexity index is 998. The molecule has 2 aromatic heterocycles. The third-order valence-electron chi connectivity index (χ3n) is 5.25. The van der Waals surface area contributed by atoms with Crippen molar-refractivity contribution in [3.8, 4) is 23.0 Å². The normalized spacial score (nSPS) is 14.6. The SMILES string of the molecule is CCOc1ccc(-n2c(SCC(=O)N3CCN(CCO)CC3)nnc2-c2ccco2)cc1. The van der Waals surface area contributed by atoms with E-state index in [4.69, 9.17) is 14.3 Å². The van der Waals surface area contributed by atoms with E-state index in [1.165, 1.54) is 11.8 Å². The Kier molecular flexibility index (Phi) is 7.46. The standard InChI is InChI=1S/C22H27N5O4S/c1-2-30-18-7-5-17(6-8-18)27-21(19-4-3-15-31-19)23-24-22(27)32-16-20(29)26-11-9-25(10-12-26)13-14-28/h3-8,15,28H,2,9-14,16H2,1H3. The van der Waals surface area contributed by atoms with Gasteiger partial charge in [-0.05, 0) is 43.3 Å². The molecular formula is C22H27N5O4S. The van der Waals surface area contributed by atoms with Crippen molar-refractivity contribution in [3.63, 3.8) is 0 Å². The van der Waals surface area contributed by atoms with Crippen LogP contribution in [0.25, 0.3) is 17.3 Å². The molecule has 0 atom stereocenters. The largest absolute Gasteiger partial charge is 0.494 e. The molecule has 3 heterocycles. The first-order chi connectivity index (χ1) is 15.7. The third kappa shape index (κ3) is 5.14. The van der Waals surface area contributed by atoms with Crippen LogP contribution in [0.15, 0.2) is 52.2 Å². The summed E-state index contributed by atoms with van der Waals surface area (Å²) in [5.74, 6) is 2.30. The lowest BCUT2D eigenvalue weighted by atomic mass is 10.3. The van der Waals surface area contributed by atoms with Gasteiger partial charge in [0.25, 0.3) is 0 Å². The molecule has 1 aromatic carbocycles. The fraction of sp³-hybridized carbons (Fsp3) is 0.409. The molecule has 32 heavy (non-hydrogen) atoms. The number of thioether (sulfide) groups is 1. The van der Waals surface area contributed by atoms with Crippen molar-refractivity contribution < 1.29 is 19.1 Å². The molecule has 9 nitrogen and oxygen atoms in total. The number of hydrogen-bond donors (Lipinski definition) is 1. The van der Waals surface area contributed by atoms with Crippen LogP contribution in [-0.2, 0) is 4.79 Å². The summed E-state index contributed by atoms with van der Waals surface area (Å²) in [4.78, 5) is 16.8. The highest BCUT2D eigenvalue weighted by molar-refractivity contribution is 7.99. The first-order valence-corrected chi connectivity index (χ1v) is 11.6. The number of carbonyl (C=O) groups excluding carboxylic acids is 1. The predicted molar refractivity (Wildman–Crippen MR) is 121 cm³/mol. The molecular weight excluding hydrogens is 430 g/mol. The molecule has 170 valence electrons.